The first-order chi connectivity index (χ1) is 13.5. The van der Waals surface area contributed by atoms with Gasteiger partial charge in [-0.2, -0.15) is 5.10 Å². The zero-order chi connectivity index (χ0) is 19.7. The first kappa shape index (κ1) is 18.0. The van der Waals surface area contributed by atoms with E-state index in [1.54, 1.807) is 23.6 Å². The van der Waals surface area contributed by atoms with E-state index >= 15 is 0 Å². The summed E-state index contributed by atoms with van der Waals surface area (Å²) in [4.78, 5) is 19.6. The van der Waals surface area contributed by atoms with Gasteiger partial charge in [0.05, 0.1) is 24.6 Å². The number of nitrogens with zero attached hydrogens (tertiary/aromatic N) is 4. The zero-order valence-electron chi connectivity index (χ0n) is 16.2. The molecule has 4 rings (SSSR count). The fraction of sp³-hybridized carbons (Fsp3) is 0.227. The third kappa shape index (κ3) is 3.41. The molecule has 0 fully saturated rings. The summed E-state index contributed by atoms with van der Waals surface area (Å²) in [6.45, 7) is 6.47. The van der Waals surface area contributed by atoms with E-state index in [9.17, 15) is 4.79 Å². The molecular formula is C22H22N4O2. The minimum absolute atomic E-state index is 0.132. The van der Waals surface area contributed by atoms with Gasteiger partial charge in [-0.25, -0.2) is 9.67 Å². The molecule has 6 heteroatoms. The molecular weight excluding hydrogens is 352 g/mol. The first-order valence-corrected chi connectivity index (χ1v) is 9.27. The maximum Gasteiger partial charge on any atom is 0.260 e. The molecule has 6 nitrogen and oxygen atoms in total. The van der Waals surface area contributed by atoms with Crippen molar-refractivity contribution in [1.82, 2.24) is 14.8 Å². The van der Waals surface area contributed by atoms with E-state index in [1.165, 1.54) is 0 Å². The second kappa shape index (κ2) is 7.31. The number of benzene rings is 1. The van der Waals surface area contributed by atoms with Crippen molar-refractivity contribution in [3.63, 3.8) is 0 Å². The lowest BCUT2D eigenvalue weighted by Gasteiger charge is -2.22. The predicted molar refractivity (Wildman–Crippen MR) is 108 cm³/mol. The molecule has 28 heavy (non-hydrogen) atoms. The van der Waals surface area contributed by atoms with Gasteiger partial charge in [0.2, 0.25) is 0 Å². The molecule has 3 heterocycles. The average molecular weight is 374 g/mol. The van der Waals surface area contributed by atoms with Gasteiger partial charge in [0.1, 0.15) is 5.76 Å². The summed E-state index contributed by atoms with van der Waals surface area (Å²) in [6.07, 6.45) is 4.98. The minimum Gasteiger partial charge on any atom is -0.467 e. The van der Waals surface area contributed by atoms with Crippen LogP contribution in [0.5, 0.6) is 0 Å². The number of anilines is 1. The second-order valence-corrected chi connectivity index (χ2v) is 7.13. The SMILES string of the molecule is Cc1ccc(N(Cc2ccco2)C(=O)c2cnc3c(cnn3C(C)C)c2)cc1. The van der Waals surface area contributed by atoms with Gasteiger partial charge in [-0.3, -0.25) is 4.79 Å². The van der Waals surface area contributed by atoms with E-state index in [2.05, 4.69) is 23.9 Å². The third-order valence-electron chi connectivity index (χ3n) is 4.65. The quantitative estimate of drug-likeness (QED) is 0.505. The van der Waals surface area contributed by atoms with Crippen LogP contribution in [0, 0.1) is 6.92 Å². The zero-order valence-corrected chi connectivity index (χ0v) is 16.2. The van der Waals surface area contributed by atoms with Crippen molar-refractivity contribution in [2.24, 2.45) is 0 Å². The topological polar surface area (TPSA) is 64.2 Å². The van der Waals surface area contributed by atoms with Crippen molar-refractivity contribution in [3.8, 4) is 0 Å². The van der Waals surface area contributed by atoms with Crippen molar-refractivity contribution in [1.29, 1.82) is 0 Å². The van der Waals surface area contributed by atoms with Gasteiger partial charge in [0, 0.05) is 23.3 Å². The highest BCUT2D eigenvalue weighted by molar-refractivity contribution is 6.07. The maximum absolute atomic E-state index is 13.4. The van der Waals surface area contributed by atoms with Crippen molar-refractivity contribution in [3.05, 3.63) is 78.0 Å². The Morgan fingerprint density at radius 1 is 1.18 bits per heavy atom. The molecule has 0 atom stereocenters. The molecule has 1 aromatic carbocycles. The molecule has 1 amide bonds. The largest absolute Gasteiger partial charge is 0.467 e. The highest BCUT2D eigenvalue weighted by Gasteiger charge is 2.21. The van der Waals surface area contributed by atoms with E-state index < -0.39 is 0 Å². The summed E-state index contributed by atoms with van der Waals surface area (Å²) >= 11 is 0. The predicted octanol–water partition coefficient (Wildman–Crippen LogP) is 4.76. The maximum atomic E-state index is 13.4. The third-order valence-corrected chi connectivity index (χ3v) is 4.65. The number of carbonyl (C=O) groups is 1. The van der Waals surface area contributed by atoms with Crippen LogP contribution in [0.3, 0.4) is 0 Å². The number of hydrogen-bond acceptors (Lipinski definition) is 4. The Balaban J connectivity index is 1.72. The lowest BCUT2D eigenvalue weighted by molar-refractivity contribution is 0.0983. The van der Waals surface area contributed by atoms with Crippen LogP contribution in [-0.2, 0) is 6.54 Å². The normalized spacial score (nSPS) is 11.3. The Labute approximate surface area is 163 Å². The number of fused-ring (bicyclic) bond motifs is 1. The summed E-state index contributed by atoms with van der Waals surface area (Å²) in [7, 11) is 0. The van der Waals surface area contributed by atoms with Crippen molar-refractivity contribution in [2.75, 3.05) is 4.90 Å². The molecule has 0 N–H and O–H groups in total. The van der Waals surface area contributed by atoms with Gasteiger partial charge >= 0.3 is 0 Å². The van der Waals surface area contributed by atoms with Crippen LogP contribution in [0.1, 0.15) is 41.6 Å². The Morgan fingerprint density at radius 2 is 1.96 bits per heavy atom. The van der Waals surface area contributed by atoms with Crippen LogP contribution in [0.15, 0.2) is 65.5 Å². The van der Waals surface area contributed by atoms with Crippen LogP contribution >= 0.6 is 0 Å². The smallest absolute Gasteiger partial charge is 0.260 e. The fourth-order valence-electron chi connectivity index (χ4n) is 3.15. The van der Waals surface area contributed by atoms with Crippen LogP contribution in [-0.4, -0.2) is 20.7 Å². The fourth-order valence-corrected chi connectivity index (χ4v) is 3.15. The number of furan rings is 1. The highest BCUT2D eigenvalue weighted by Crippen LogP contribution is 2.23. The van der Waals surface area contributed by atoms with Crippen LogP contribution in [0.25, 0.3) is 11.0 Å². The molecule has 0 unspecified atom stereocenters. The lowest BCUT2D eigenvalue weighted by atomic mass is 10.1. The van der Waals surface area contributed by atoms with Crippen molar-refractivity contribution >= 4 is 22.6 Å². The number of aromatic nitrogens is 3. The molecule has 0 radical (unpaired) electrons. The van der Waals surface area contributed by atoms with Gasteiger partial charge in [-0.15, -0.1) is 0 Å². The summed E-state index contributed by atoms with van der Waals surface area (Å²) in [5.41, 5.74) is 3.24. The van der Waals surface area contributed by atoms with Crippen LogP contribution in [0.4, 0.5) is 5.69 Å². The lowest BCUT2D eigenvalue weighted by Crippen LogP contribution is -2.30. The summed E-state index contributed by atoms with van der Waals surface area (Å²) in [5.74, 6) is 0.586. The number of hydrogen-bond donors (Lipinski definition) is 0. The molecule has 142 valence electrons. The van der Waals surface area contributed by atoms with Crippen molar-refractivity contribution < 1.29 is 9.21 Å². The monoisotopic (exact) mass is 374 g/mol. The van der Waals surface area contributed by atoms with Crippen LogP contribution in [0.2, 0.25) is 0 Å². The second-order valence-electron chi connectivity index (χ2n) is 7.13. The first-order valence-electron chi connectivity index (χ1n) is 9.27. The van der Waals surface area contributed by atoms with Gasteiger partial charge in [0.25, 0.3) is 5.91 Å². The number of pyridine rings is 1. The molecule has 0 saturated carbocycles. The average Bonchev–Trinajstić information content (AvgIpc) is 3.35. The molecule has 0 aliphatic heterocycles. The Kier molecular flexibility index (Phi) is 4.69. The van der Waals surface area contributed by atoms with E-state index in [0.717, 1.165) is 28.0 Å². The summed E-state index contributed by atoms with van der Waals surface area (Å²) in [6, 6.07) is 13.6. The molecule has 3 aromatic heterocycles. The van der Waals surface area contributed by atoms with E-state index in [-0.39, 0.29) is 11.9 Å². The number of carbonyl (C=O) groups excluding carboxylic acids is 1. The van der Waals surface area contributed by atoms with Crippen LogP contribution < -0.4 is 4.90 Å². The van der Waals surface area contributed by atoms with Gasteiger partial charge in [-0.1, -0.05) is 17.7 Å². The number of aryl methyl sites for hydroxylation is 1. The molecule has 0 saturated heterocycles. The van der Waals surface area contributed by atoms with Crippen molar-refractivity contribution in [2.45, 2.75) is 33.4 Å². The summed E-state index contributed by atoms with van der Waals surface area (Å²) in [5, 5.41) is 5.23. The minimum atomic E-state index is -0.132. The molecule has 4 aromatic rings. The molecule has 0 spiro atoms. The number of rotatable bonds is 5. The highest BCUT2D eigenvalue weighted by atomic mass is 16.3. The molecule has 0 aliphatic rings. The Hall–Kier alpha value is -3.41. The van der Waals surface area contributed by atoms with Gasteiger partial charge < -0.3 is 9.32 Å². The van der Waals surface area contributed by atoms with Gasteiger partial charge in [-0.05, 0) is 51.1 Å². The van der Waals surface area contributed by atoms with E-state index in [0.29, 0.717) is 12.1 Å². The molecule has 0 aliphatic carbocycles. The summed E-state index contributed by atoms with van der Waals surface area (Å²) < 4.78 is 7.32. The van der Waals surface area contributed by atoms with E-state index in [1.807, 2.05) is 54.1 Å². The van der Waals surface area contributed by atoms with E-state index in [4.69, 9.17) is 4.42 Å². The molecule has 0 bridgehead atoms. The Bertz CT molecular complexity index is 1100. The number of amides is 1. The Morgan fingerprint density at radius 3 is 2.64 bits per heavy atom. The standard InChI is InChI=1S/C22H22N4O2/c1-15(2)26-21-17(13-24-26)11-18(12-23-21)22(27)25(14-20-5-4-10-28-20)19-8-6-16(3)7-9-19/h4-13,15H,14H2,1-3H3. The van der Waals surface area contributed by atoms with Gasteiger partial charge in [0.15, 0.2) is 5.65 Å².